The van der Waals surface area contributed by atoms with Crippen LogP contribution in [0.2, 0.25) is 0 Å². The summed E-state index contributed by atoms with van der Waals surface area (Å²) >= 11 is 0. The number of hydrogen-bond donors (Lipinski definition) is 2. The van der Waals surface area contributed by atoms with Crippen LogP contribution >= 0.6 is 12.4 Å². The van der Waals surface area contributed by atoms with Crippen LogP contribution in [-0.4, -0.2) is 51.8 Å². The average Bonchev–Trinajstić information content (AvgIpc) is 3.26. The monoisotopic (exact) mass is 355 g/mol. The second-order valence-corrected chi connectivity index (χ2v) is 6.16. The van der Waals surface area contributed by atoms with Gasteiger partial charge in [0.2, 0.25) is 5.91 Å². The Morgan fingerprint density at radius 2 is 1.92 bits per heavy atom. The predicted octanol–water partition coefficient (Wildman–Crippen LogP) is 1.57. The highest BCUT2D eigenvalue weighted by molar-refractivity contribution is 5.85. The zero-order valence-corrected chi connectivity index (χ0v) is 15.0. The predicted molar refractivity (Wildman–Crippen MR) is 96.6 cm³/mol. The first kappa shape index (κ1) is 18.7. The van der Waals surface area contributed by atoms with Crippen LogP contribution in [0.1, 0.15) is 19.3 Å². The summed E-state index contributed by atoms with van der Waals surface area (Å²) in [6, 6.07) is 6.06. The Hall–Kier alpha value is -1.66. The first-order valence-corrected chi connectivity index (χ1v) is 8.21. The van der Waals surface area contributed by atoms with E-state index in [0.717, 1.165) is 56.1 Å². The second kappa shape index (κ2) is 8.44. The average molecular weight is 356 g/mol. The van der Waals surface area contributed by atoms with E-state index in [1.54, 1.807) is 14.2 Å². The van der Waals surface area contributed by atoms with Crippen molar-refractivity contribution in [1.29, 1.82) is 0 Å². The zero-order chi connectivity index (χ0) is 16.2. The van der Waals surface area contributed by atoms with Crippen LogP contribution in [0.25, 0.3) is 0 Å². The van der Waals surface area contributed by atoms with E-state index in [1.807, 2.05) is 18.2 Å². The van der Waals surface area contributed by atoms with Crippen LogP contribution in [0.3, 0.4) is 0 Å². The van der Waals surface area contributed by atoms with Crippen molar-refractivity contribution in [3.63, 3.8) is 0 Å². The lowest BCUT2D eigenvalue weighted by atomic mass is 10.2. The normalized spacial score (nSPS) is 22.8. The van der Waals surface area contributed by atoms with Crippen molar-refractivity contribution in [3.8, 4) is 11.5 Å². The van der Waals surface area contributed by atoms with Crippen molar-refractivity contribution in [2.24, 2.45) is 0 Å². The number of halogens is 1. The van der Waals surface area contributed by atoms with Gasteiger partial charge < -0.3 is 25.0 Å². The molecule has 6 nitrogen and oxygen atoms in total. The molecule has 0 aliphatic carbocycles. The molecule has 2 saturated heterocycles. The Morgan fingerprint density at radius 1 is 1.21 bits per heavy atom. The van der Waals surface area contributed by atoms with Gasteiger partial charge >= 0.3 is 0 Å². The summed E-state index contributed by atoms with van der Waals surface area (Å²) in [6.45, 7) is 2.67. The number of benzene rings is 1. The van der Waals surface area contributed by atoms with Crippen molar-refractivity contribution in [2.45, 2.75) is 31.3 Å². The Labute approximate surface area is 149 Å². The maximum atomic E-state index is 12.2. The molecule has 0 aromatic heterocycles. The molecule has 7 heteroatoms. The molecular weight excluding hydrogens is 330 g/mol. The lowest BCUT2D eigenvalue weighted by molar-refractivity contribution is -0.123. The third-order valence-corrected chi connectivity index (χ3v) is 4.61. The Balaban J connectivity index is 0.00000208. The van der Waals surface area contributed by atoms with Gasteiger partial charge in [-0.25, -0.2) is 0 Å². The summed E-state index contributed by atoms with van der Waals surface area (Å²) in [5.41, 5.74) is 1.07. The van der Waals surface area contributed by atoms with Gasteiger partial charge in [0.1, 0.15) is 11.5 Å². The van der Waals surface area contributed by atoms with Gasteiger partial charge in [0, 0.05) is 43.0 Å². The van der Waals surface area contributed by atoms with Gasteiger partial charge in [-0.15, -0.1) is 12.4 Å². The fourth-order valence-electron chi connectivity index (χ4n) is 3.30. The number of hydrogen-bond acceptors (Lipinski definition) is 5. The Bertz CT molecular complexity index is 542. The second-order valence-electron chi connectivity index (χ2n) is 6.16. The molecule has 1 amide bonds. The number of methoxy groups -OCH3 is 2. The van der Waals surface area contributed by atoms with Gasteiger partial charge in [-0.05, 0) is 25.8 Å². The molecule has 0 bridgehead atoms. The molecule has 2 unspecified atom stereocenters. The summed E-state index contributed by atoms with van der Waals surface area (Å²) in [4.78, 5) is 14.5. The van der Waals surface area contributed by atoms with Gasteiger partial charge in [0.05, 0.1) is 20.3 Å². The number of carbonyl (C=O) groups excluding carboxylic acids is 1. The fraction of sp³-hybridized carbons (Fsp3) is 0.588. The number of nitrogens with one attached hydrogen (secondary N) is 2. The first-order valence-electron chi connectivity index (χ1n) is 8.21. The lowest BCUT2D eigenvalue weighted by Gasteiger charge is -2.21. The summed E-state index contributed by atoms with van der Waals surface area (Å²) in [5, 5.41) is 6.42. The molecule has 0 saturated carbocycles. The number of carbonyl (C=O) groups is 1. The highest BCUT2D eigenvalue weighted by atomic mass is 35.5. The summed E-state index contributed by atoms with van der Waals surface area (Å²) < 4.78 is 10.7. The number of ether oxygens (including phenoxy) is 2. The molecule has 1 aromatic carbocycles. The molecule has 24 heavy (non-hydrogen) atoms. The van der Waals surface area contributed by atoms with Crippen LogP contribution in [0.4, 0.5) is 5.69 Å². The molecule has 2 aliphatic heterocycles. The molecule has 134 valence electrons. The quantitative estimate of drug-likeness (QED) is 0.839. The highest BCUT2D eigenvalue weighted by Crippen LogP contribution is 2.30. The molecule has 1 aromatic rings. The van der Waals surface area contributed by atoms with Crippen LogP contribution in [0.15, 0.2) is 18.2 Å². The number of amides is 1. The van der Waals surface area contributed by atoms with Crippen molar-refractivity contribution < 1.29 is 14.3 Å². The number of anilines is 1. The van der Waals surface area contributed by atoms with Gasteiger partial charge in [-0.3, -0.25) is 4.79 Å². The van der Waals surface area contributed by atoms with Crippen LogP contribution in [-0.2, 0) is 4.79 Å². The van der Waals surface area contributed by atoms with E-state index in [9.17, 15) is 4.79 Å². The van der Waals surface area contributed by atoms with Crippen molar-refractivity contribution in [2.75, 3.05) is 38.8 Å². The first-order chi connectivity index (χ1) is 11.2. The van der Waals surface area contributed by atoms with Crippen LogP contribution < -0.4 is 25.0 Å². The summed E-state index contributed by atoms with van der Waals surface area (Å²) in [7, 11) is 3.31. The minimum absolute atomic E-state index is 0. The van der Waals surface area contributed by atoms with Gasteiger partial charge in [0.15, 0.2) is 0 Å². The topological polar surface area (TPSA) is 62.8 Å². The van der Waals surface area contributed by atoms with Crippen molar-refractivity contribution in [1.82, 2.24) is 10.6 Å². The zero-order valence-electron chi connectivity index (χ0n) is 14.2. The van der Waals surface area contributed by atoms with Crippen molar-refractivity contribution >= 4 is 24.0 Å². The maximum absolute atomic E-state index is 12.2. The Morgan fingerprint density at radius 3 is 2.50 bits per heavy atom. The van der Waals surface area contributed by atoms with E-state index in [1.165, 1.54) is 0 Å². The molecule has 2 atom stereocenters. The van der Waals surface area contributed by atoms with Crippen molar-refractivity contribution in [3.05, 3.63) is 18.2 Å². The molecule has 0 radical (unpaired) electrons. The maximum Gasteiger partial charge on any atom is 0.237 e. The summed E-state index contributed by atoms with van der Waals surface area (Å²) in [5.74, 6) is 1.70. The lowest BCUT2D eigenvalue weighted by Crippen LogP contribution is -2.46. The van der Waals surface area contributed by atoms with E-state index in [0.29, 0.717) is 0 Å². The van der Waals surface area contributed by atoms with E-state index in [-0.39, 0.29) is 30.4 Å². The SMILES string of the molecule is COc1cc(OC)cc(N2CCC(NC(=O)C3CCCN3)C2)c1.Cl. The van der Waals surface area contributed by atoms with Gasteiger partial charge in [-0.1, -0.05) is 0 Å². The molecule has 2 fully saturated rings. The molecule has 2 N–H and O–H groups in total. The van der Waals surface area contributed by atoms with E-state index in [4.69, 9.17) is 9.47 Å². The number of nitrogens with zero attached hydrogens (tertiary/aromatic N) is 1. The third kappa shape index (κ3) is 4.24. The van der Waals surface area contributed by atoms with E-state index in [2.05, 4.69) is 15.5 Å². The molecular formula is C17H26ClN3O3. The largest absolute Gasteiger partial charge is 0.497 e. The number of rotatable bonds is 5. The molecule has 2 aliphatic rings. The molecule has 0 spiro atoms. The van der Waals surface area contributed by atoms with Gasteiger partial charge in [0.25, 0.3) is 0 Å². The van der Waals surface area contributed by atoms with E-state index >= 15 is 0 Å². The summed E-state index contributed by atoms with van der Waals surface area (Å²) in [6.07, 6.45) is 2.98. The fourth-order valence-corrected chi connectivity index (χ4v) is 3.30. The van der Waals surface area contributed by atoms with Crippen LogP contribution in [0, 0.1) is 0 Å². The third-order valence-electron chi connectivity index (χ3n) is 4.61. The molecule has 2 heterocycles. The van der Waals surface area contributed by atoms with E-state index < -0.39 is 0 Å². The minimum atomic E-state index is -0.0130. The van der Waals surface area contributed by atoms with Crippen LogP contribution in [0.5, 0.6) is 11.5 Å². The smallest absolute Gasteiger partial charge is 0.237 e. The van der Waals surface area contributed by atoms with Gasteiger partial charge in [-0.2, -0.15) is 0 Å². The molecule has 3 rings (SSSR count). The highest BCUT2D eigenvalue weighted by Gasteiger charge is 2.28. The Kier molecular flexibility index (Phi) is 6.57. The minimum Gasteiger partial charge on any atom is -0.497 e. The standard InChI is InChI=1S/C17H25N3O3.ClH/c1-22-14-8-13(9-15(10-14)23-2)20-7-5-12(11-20)19-17(21)16-4-3-6-18-16;/h8-10,12,16,18H,3-7,11H2,1-2H3,(H,19,21);1H.